The van der Waals surface area contributed by atoms with Crippen molar-refractivity contribution in [2.75, 3.05) is 43.4 Å². The highest BCUT2D eigenvalue weighted by Crippen LogP contribution is 2.17. The lowest BCUT2D eigenvalue weighted by molar-refractivity contribution is 0.261. The van der Waals surface area contributed by atoms with Crippen molar-refractivity contribution in [3.63, 3.8) is 0 Å². The Hall–Kier alpha value is 0.220. The highest BCUT2D eigenvalue weighted by molar-refractivity contribution is 7.99. The molecule has 2 heterocycles. The highest BCUT2D eigenvalue weighted by atomic mass is 32.2. The summed E-state index contributed by atoms with van der Waals surface area (Å²) in [5.74, 6) is 2.42. The van der Waals surface area contributed by atoms with Crippen LogP contribution in [0.5, 0.6) is 0 Å². The highest BCUT2D eigenvalue weighted by Gasteiger charge is 2.34. The molecule has 0 aromatic carbocycles. The fraction of sp³-hybridized carbons (Fsp3) is 1.00. The summed E-state index contributed by atoms with van der Waals surface area (Å²) in [5, 5.41) is 2.89. The van der Waals surface area contributed by atoms with E-state index in [2.05, 4.69) is 10.2 Å². The van der Waals surface area contributed by atoms with Gasteiger partial charge in [0.15, 0.2) is 9.84 Å². The maximum absolute atomic E-state index is 11.8. The van der Waals surface area contributed by atoms with Crippen LogP contribution in [0.2, 0.25) is 0 Å². The zero-order valence-corrected chi connectivity index (χ0v) is 9.74. The van der Waals surface area contributed by atoms with Gasteiger partial charge in [-0.15, -0.1) is 0 Å². The third-order valence-corrected chi connectivity index (χ3v) is 5.76. The minimum atomic E-state index is -2.87. The van der Waals surface area contributed by atoms with E-state index in [1.807, 2.05) is 11.8 Å². The van der Waals surface area contributed by atoms with Gasteiger partial charge in [-0.2, -0.15) is 11.8 Å². The third-order valence-electron chi connectivity index (χ3n) is 2.75. The topological polar surface area (TPSA) is 49.4 Å². The minimum Gasteiger partial charge on any atom is -0.313 e. The van der Waals surface area contributed by atoms with Crippen molar-refractivity contribution >= 4 is 21.6 Å². The van der Waals surface area contributed by atoms with E-state index in [-0.39, 0.29) is 5.37 Å². The number of nitrogens with zero attached hydrogens (tertiary/aromatic N) is 1. The molecule has 0 spiro atoms. The fourth-order valence-electron chi connectivity index (χ4n) is 1.92. The molecule has 4 nitrogen and oxygen atoms in total. The smallest absolute Gasteiger partial charge is 0.168 e. The van der Waals surface area contributed by atoms with Gasteiger partial charge in [0.1, 0.15) is 5.37 Å². The lowest BCUT2D eigenvalue weighted by Gasteiger charge is -2.36. The van der Waals surface area contributed by atoms with Gasteiger partial charge in [0, 0.05) is 37.7 Å². The zero-order valence-electron chi connectivity index (χ0n) is 8.11. The summed E-state index contributed by atoms with van der Waals surface area (Å²) in [7, 11) is -2.87. The molecule has 2 aliphatic heterocycles. The molecule has 0 aromatic heterocycles. The van der Waals surface area contributed by atoms with Gasteiger partial charge in [-0.05, 0) is 0 Å². The second kappa shape index (κ2) is 4.38. The maximum Gasteiger partial charge on any atom is 0.168 e. The van der Waals surface area contributed by atoms with E-state index in [1.54, 1.807) is 0 Å². The molecular weight excluding hydrogens is 220 g/mol. The summed E-state index contributed by atoms with van der Waals surface area (Å²) in [6, 6.07) is 0. The lowest BCUT2D eigenvalue weighted by Crippen LogP contribution is -2.55. The Bertz CT molecular complexity index is 286. The summed E-state index contributed by atoms with van der Waals surface area (Å²) in [6.45, 7) is 3.04. The van der Waals surface area contributed by atoms with Gasteiger partial charge in [0.05, 0.1) is 5.75 Å². The lowest BCUT2D eigenvalue weighted by atomic mass is 10.4. The van der Waals surface area contributed by atoms with Crippen LogP contribution >= 0.6 is 11.8 Å². The van der Waals surface area contributed by atoms with E-state index in [1.165, 1.54) is 0 Å². The standard InChI is InChI=1S/C8H16N2O2S2/c11-14(12)6-1-9-7-8(14)10-2-4-13-5-3-10/h8-9H,1-7H2. The predicted octanol–water partition coefficient (Wildman–Crippen LogP) is -0.621. The first-order valence-electron chi connectivity index (χ1n) is 4.94. The van der Waals surface area contributed by atoms with Crippen LogP contribution in [0.3, 0.4) is 0 Å². The van der Waals surface area contributed by atoms with Crippen LogP contribution in [0.15, 0.2) is 0 Å². The quantitative estimate of drug-likeness (QED) is 0.657. The summed E-state index contributed by atoms with van der Waals surface area (Å²) in [5.41, 5.74) is 0. The van der Waals surface area contributed by atoms with Gasteiger partial charge in [0.2, 0.25) is 0 Å². The molecule has 0 aromatic rings. The Labute approximate surface area is 89.3 Å². The average Bonchev–Trinajstić information content (AvgIpc) is 2.18. The predicted molar refractivity (Wildman–Crippen MR) is 59.3 cm³/mol. The first-order valence-corrected chi connectivity index (χ1v) is 7.81. The monoisotopic (exact) mass is 236 g/mol. The van der Waals surface area contributed by atoms with Gasteiger partial charge in [-0.1, -0.05) is 0 Å². The van der Waals surface area contributed by atoms with Gasteiger partial charge in [-0.25, -0.2) is 8.42 Å². The SMILES string of the molecule is O=S1(=O)CCNCC1N1CCSCC1. The first-order chi connectivity index (χ1) is 6.70. The average molecular weight is 236 g/mol. The summed E-state index contributed by atoms with van der Waals surface area (Å²) >= 11 is 1.91. The van der Waals surface area contributed by atoms with Crippen molar-refractivity contribution in [3.05, 3.63) is 0 Å². The molecule has 82 valence electrons. The molecule has 6 heteroatoms. The Kier molecular flexibility index (Phi) is 3.36. The molecule has 2 rings (SSSR count). The van der Waals surface area contributed by atoms with Crippen LogP contribution < -0.4 is 5.32 Å². The molecule has 1 N–H and O–H groups in total. The molecule has 1 unspecified atom stereocenters. The Morgan fingerprint density at radius 3 is 2.64 bits per heavy atom. The van der Waals surface area contributed by atoms with Crippen molar-refractivity contribution in [1.29, 1.82) is 0 Å². The van der Waals surface area contributed by atoms with Crippen LogP contribution in [0.4, 0.5) is 0 Å². The van der Waals surface area contributed by atoms with Crippen LogP contribution in [-0.4, -0.2) is 62.1 Å². The molecule has 0 saturated carbocycles. The summed E-state index contributed by atoms with van der Waals surface area (Å²) in [6.07, 6.45) is 0. The van der Waals surface area contributed by atoms with Crippen LogP contribution in [0.25, 0.3) is 0 Å². The van der Waals surface area contributed by atoms with Crippen molar-refractivity contribution < 1.29 is 8.42 Å². The van der Waals surface area contributed by atoms with Crippen molar-refractivity contribution in [2.45, 2.75) is 5.37 Å². The molecule has 0 amide bonds. The molecule has 2 aliphatic rings. The van der Waals surface area contributed by atoms with Gasteiger partial charge in [-0.3, -0.25) is 4.90 Å². The molecule has 1 atom stereocenters. The second-order valence-corrected chi connectivity index (χ2v) is 7.18. The Morgan fingerprint density at radius 1 is 1.29 bits per heavy atom. The Morgan fingerprint density at radius 2 is 2.00 bits per heavy atom. The van der Waals surface area contributed by atoms with E-state index in [0.717, 1.165) is 24.6 Å². The molecular formula is C8H16N2O2S2. The van der Waals surface area contributed by atoms with Crippen molar-refractivity contribution in [1.82, 2.24) is 10.2 Å². The van der Waals surface area contributed by atoms with Crippen molar-refractivity contribution in [2.24, 2.45) is 0 Å². The number of thioether (sulfide) groups is 1. The van der Waals surface area contributed by atoms with Crippen LogP contribution in [0.1, 0.15) is 0 Å². The third kappa shape index (κ3) is 2.24. The summed E-state index contributed by atoms with van der Waals surface area (Å²) in [4.78, 5) is 2.11. The molecule has 0 aliphatic carbocycles. The molecule has 2 fully saturated rings. The molecule has 0 radical (unpaired) electrons. The number of nitrogens with one attached hydrogen (secondary N) is 1. The van der Waals surface area contributed by atoms with E-state index in [4.69, 9.17) is 0 Å². The Balaban J connectivity index is 2.07. The molecule has 2 saturated heterocycles. The van der Waals surface area contributed by atoms with Gasteiger partial charge >= 0.3 is 0 Å². The van der Waals surface area contributed by atoms with Gasteiger partial charge in [0.25, 0.3) is 0 Å². The fourth-order valence-corrected chi connectivity index (χ4v) is 4.59. The second-order valence-electron chi connectivity index (χ2n) is 3.67. The number of hydrogen-bond donors (Lipinski definition) is 1. The molecule has 14 heavy (non-hydrogen) atoms. The van der Waals surface area contributed by atoms with E-state index in [9.17, 15) is 8.42 Å². The summed E-state index contributed by atoms with van der Waals surface area (Å²) < 4.78 is 23.6. The maximum atomic E-state index is 11.8. The van der Waals surface area contributed by atoms with E-state index in [0.29, 0.717) is 18.8 Å². The minimum absolute atomic E-state index is 0.267. The number of rotatable bonds is 1. The van der Waals surface area contributed by atoms with E-state index >= 15 is 0 Å². The largest absolute Gasteiger partial charge is 0.313 e. The normalized spacial score (nSPS) is 34.1. The van der Waals surface area contributed by atoms with Crippen LogP contribution in [-0.2, 0) is 9.84 Å². The van der Waals surface area contributed by atoms with Gasteiger partial charge < -0.3 is 5.32 Å². The first kappa shape index (κ1) is 10.7. The molecule has 0 bridgehead atoms. The van der Waals surface area contributed by atoms with Crippen LogP contribution in [0, 0.1) is 0 Å². The zero-order chi connectivity index (χ0) is 10.0. The van der Waals surface area contributed by atoms with E-state index < -0.39 is 9.84 Å². The van der Waals surface area contributed by atoms with Crippen molar-refractivity contribution in [3.8, 4) is 0 Å². The number of hydrogen-bond acceptors (Lipinski definition) is 5. The number of sulfone groups is 1.